The second kappa shape index (κ2) is 9.59. The van der Waals surface area contributed by atoms with Gasteiger partial charge in [-0.15, -0.1) is 0 Å². The number of amides is 2. The van der Waals surface area contributed by atoms with Gasteiger partial charge >= 0.3 is 0 Å². The lowest BCUT2D eigenvalue weighted by Crippen LogP contribution is -3.14. The normalized spacial score (nSPS) is 22.6. The smallest absolute Gasteiger partial charge is 0.246 e. The summed E-state index contributed by atoms with van der Waals surface area (Å²) in [5, 5.41) is 1.12. The Morgan fingerprint density at radius 2 is 1.86 bits per heavy atom. The second-order valence-electron chi connectivity index (χ2n) is 9.99. The number of hydrogen-bond acceptors (Lipinski definition) is 4. The number of carbonyl (C=O) groups is 2. The molecule has 2 fully saturated rings. The fourth-order valence-corrected chi connectivity index (χ4v) is 6.08. The van der Waals surface area contributed by atoms with E-state index in [1.165, 1.54) is 4.90 Å². The van der Waals surface area contributed by atoms with E-state index >= 15 is 0 Å². The molecule has 0 radical (unpaired) electrons. The SMILES string of the molecule is COc1ccc([C@@H]2c3[nH]c4ccccc4c3C[C@H]3C(=O)N(CCC[NH+]4CCOCC4)CC(=O)N23)cc1. The first-order valence-electron chi connectivity index (χ1n) is 12.9. The molecular weight excluding hydrogens is 456 g/mol. The van der Waals surface area contributed by atoms with E-state index in [9.17, 15) is 9.59 Å². The van der Waals surface area contributed by atoms with Crippen molar-refractivity contribution in [3.63, 3.8) is 0 Å². The van der Waals surface area contributed by atoms with Crippen LogP contribution in [-0.4, -0.2) is 85.7 Å². The minimum Gasteiger partial charge on any atom is -0.497 e. The molecule has 0 bridgehead atoms. The summed E-state index contributed by atoms with van der Waals surface area (Å²) in [6.07, 6.45) is 1.42. The highest BCUT2D eigenvalue weighted by molar-refractivity contribution is 5.97. The Morgan fingerprint density at radius 1 is 1.08 bits per heavy atom. The number of para-hydroxylation sites is 1. The van der Waals surface area contributed by atoms with Crippen molar-refractivity contribution in [2.24, 2.45) is 0 Å². The molecule has 3 aliphatic rings. The van der Waals surface area contributed by atoms with E-state index in [2.05, 4.69) is 17.1 Å². The number of carbonyl (C=O) groups excluding carboxylic acids is 2. The molecule has 6 rings (SSSR count). The average molecular weight is 490 g/mol. The van der Waals surface area contributed by atoms with Crippen molar-refractivity contribution >= 4 is 22.7 Å². The lowest BCUT2D eigenvalue weighted by atomic mass is 9.86. The maximum absolute atomic E-state index is 13.8. The van der Waals surface area contributed by atoms with Crippen molar-refractivity contribution in [3.05, 3.63) is 65.4 Å². The van der Waals surface area contributed by atoms with Gasteiger partial charge in [0.2, 0.25) is 11.8 Å². The zero-order valence-corrected chi connectivity index (χ0v) is 20.7. The highest BCUT2D eigenvalue weighted by Crippen LogP contribution is 2.42. The second-order valence-corrected chi connectivity index (χ2v) is 9.99. The van der Waals surface area contributed by atoms with Crippen LogP contribution in [-0.2, 0) is 20.7 Å². The number of nitrogens with zero attached hydrogens (tertiary/aromatic N) is 2. The molecular formula is C28H33N4O4+. The summed E-state index contributed by atoms with van der Waals surface area (Å²) in [4.78, 5) is 36.2. The molecule has 3 aliphatic heterocycles. The number of aromatic nitrogens is 1. The van der Waals surface area contributed by atoms with Crippen LogP contribution in [0.25, 0.3) is 10.9 Å². The van der Waals surface area contributed by atoms with Crippen molar-refractivity contribution in [2.75, 3.05) is 53.0 Å². The number of benzene rings is 2. The summed E-state index contributed by atoms with van der Waals surface area (Å²) in [7, 11) is 1.64. The minimum atomic E-state index is -0.499. The number of piperazine rings is 1. The van der Waals surface area contributed by atoms with Gasteiger partial charge in [-0.3, -0.25) is 9.59 Å². The summed E-state index contributed by atoms with van der Waals surface area (Å²) >= 11 is 0. The first-order valence-corrected chi connectivity index (χ1v) is 12.9. The molecule has 8 heteroatoms. The third-order valence-electron chi connectivity index (χ3n) is 7.93. The van der Waals surface area contributed by atoms with Crippen LogP contribution in [0, 0.1) is 0 Å². The van der Waals surface area contributed by atoms with E-state index in [0.29, 0.717) is 13.0 Å². The predicted octanol–water partition coefficient (Wildman–Crippen LogP) is 1.17. The maximum Gasteiger partial charge on any atom is 0.246 e. The van der Waals surface area contributed by atoms with Gasteiger partial charge in [-0.2, -0.15) is 0 Å². The zero-order chi connectivity index (χ0) is 24.6. The van der Waals surface area contributed by atoms with E-state index in [0.717, 1.165) is 72.7 Å². The molecule has 188 valence electrons. The molecule has 2 atom stereocenters. The molecule has 0 spiro atoms. The number of hydrogen-bond donors (Lipinski definition) is 2. The third-order valence-corrected chi connectivity index (χ3v) is 7.93. The molecule has 2 N–H and O–H groups in total. The van der Waals surface area contributed by atoms with Crippen molar-refractivity contribution in [2.45, 2.75) is 24.9 Å². The molecule has 2 saturated heterocycles. The maximum atomic E-state index is 13.8. The number of aromatic amines is 1. The van der Waals surface area contributed by atoms with Crippen molar-refractivity contribution in [3.8, 4) is 5.75 Å². The van der Waals surface area contributed by atoms with Gasteiger partial charge < -0.3 is 29.2 Å². The Bertz CT molecular complexity index is 1260. The summed E-state index contributed by atoms with van der Waals surface area (Å²) in [6.45, 7) is 5.37. The number of fused-ring (bicyclic) bond motifs is 4. The number of ether oxygens (including phenoxy) is 2. The topological polar surface area (TPSA) is 79.3 Å². The highest BCUT2D eigenvalue weighted by Gasteiger charge is 2.48. The Labute approximate surface area is 210 Å². The molecule has 0 saturated carbocycles. The first-order chi connectivity index (χ1) is 17.6. The molecule has 3 aromatic rings. The van der Waals surface area contributed by atoms with Gasteiger partial charge in [0.25, 0.3) is 0 Å². The van der Waals surface area contributed by atoms with Crippen LogP contribution in [0.4, 0.5) is 0 Å². The van der Waals surface area contributed by atoms with E-state index in [-0.39, 0.29) is 24.4 Å². The quantitative estimate of drug-likeness (QED) is 0.545. The number of morpholine rings is 1. The Kier molecular flexibility index (Phi) is 6.15. The van der Waals surface area contributed by atoms with Crippen LogP contribution in [0.15, 0.2) is 48.5 Å². The van der Waals surface area contributed by atoms with Crippen LogP contribution in [0.3, 0.4) is 0 Å². The Morgan fingerprint density at radius 3 is 2.64 bits per heavy atom. The largest absolute Gasteiger partial charge is 0.497 e. The summed E-state index contributed by atoms with van der Waals surface area (Å²) < 4.78 is 10.8. The van der Waals surface area contributed by atoms with Crippen LogP contribution in [0.1, 0.15) is 29.3 Å². The summed E-state index contributed by atoms with van der Waals surface area (Å²) in [6, 6.07) is 15.2. The van der Waals surface area contributed by atoms with Gasteiger partial charge in [0, 0.05) is 36.0 Å². The van der Waals surface area contributed by atoms with Gasteiger partial charge in [0.05, 0.1) is 39.5 Å². The lowest BCUT2D eigenvalue weighted by molar-refractivity contribution is -0.908. The Balaban J connectivity index is 1.31. The molecule has 2 aromatic carbocycles. The number of methoxy groups -OCH3 is 1. The van der Waals surface area contributed by atoms with Crippen molar-refractivity contribution in [1.29, 1.82) is 0 Å². The van der Waals surface area contributed by atoms with Crippen molar-refractivity contribution in [1.82, 2.24) is 14.8 Å². The fourth-order valence-electron chi connectivity index (χ4n) is 6.08. The average Bonchev–Trinajstić information content (AvgIpc) is 3.29. The van der Waals surface area contributed by atoms with Crippen LogP contribution < -0.4 is 9.64 Å². The molecule has 1 aromatic heterocycles. The number of rotatable bonds is 6. The van der Waals surface area contributed by atoms with E-state index in [1.54, 1.807) is 12.0 Å². The molecule has 36 heavy (non-hydrogen) atoms. The van der Waals surface area contributed by atoms with Gasteiger partial charge in [-0.1, -0.05) is 30.3 Å². The summed E-state index contributed by atoms with van der Waals surface area (Å²) in [5.41, 5.74) is 4.14. The standard InChI is InChI=1S/C28H32N4O4/c1-35-20-9-7-19(8-10-20)27-26-22(21-5-2-3-6-23(21)29-26)17-24-28(34)31(18-25(33)32(24)27)12-4-11-30-13-15-36-16-14-30/h2-3,5-10,24,27,29H,4,11-18H2,1H3/p+1/t24-,27+/m0/s1. The van der Waals surface area contributed by atoms with E-state index < -0.39 is 6.04 Å². The molecule has 0 unspecified atom stereocenters. The predicted molar refractivity (Wildman–Crippen MR) is 135 cm³/mol. The van der Waals surface area contributed by atoms with Gasteiger partial charge in [0.15, 0.2) is 0 Å². The molecule has 4 heterocycles. The van der Waals surface area contributed by atoms with Crippen LogP contribution in [0.5, 0.6) is 5.75 Å². The van der Waals surface area contributed by atoms with Crippen LogP contribution >= 0.6 is 0 Å². The monoisotopic (exact) mass is 489 g/mol. The van der Waals surface area contributed by atoms with Crippen LogP contribution in [0.2, 0.25) is 0 Å². The fraction of sp³-hybridized carbons (Fsp3) is 0.429. The van der Waals surface area contributed by atoms with Gasteiger partial charge in [0.1, 0.15) is 24.9 Å². The zero-order valence-electron chi connectivity index (χ0n) is 20.7. The minimum absolute atomic E-state index is 0.00319. The van der Waals surface area contributed by atoms with Gasteiger partial charge in [-0.25, -0.2) is 0 Å². The lowest BCUT2D eigenvalue weighted by Gasteiger charge is -2.47. The van der Waals surface area contributed by atoms with Gasteiger partial charge in [-0.05, 0) is 29.3 Å². The Hall–Kier alpha value is -3.36. The number of H-pyrrole nitrogens is 1. The third kappa shape index (κ3) is 4.04. The molecule has 2 amide bonds. The highest BCUT2D eigenvalue weighted by atomic mass is 16.5. The molecule has 0 aliphatic carbocycles. The van der Waals surface area contributed by atoms with E-state index in [4.69, 9.17) is 9.47 Å². The first kappa shape index (κ1) is 23.1. The van der Waals surface area contributed by atoms with E-state index in [1.807, 2.05) is 41.3 Å². The number of nitrogens with one attached hydrogen (secondary N) is 2. The number of quaternary nitrogens is 1. The molecule has 8 nitrogen and oxygen atoms in total. The summed E-state index contributed by atoms with van der Waals surface area (Å²) in [5.74, 6) is 0.821. The van der Waals surface area contributed by atoms with Crippen molar-refractivity contribution < 1.29 is 24.0 Å².